The number of nitrogens with zero attached hydrogens (tertiary/aromatic N) is 1. The van der Waals surface area contributed by atoms with Crippen LogP contribution in [-0.4, -0.2) is 31.5 Å². The summed E-state index contributed by atoms with van der Waals surface area (Å²) in [4.78, 5) is 16.0. The number of amides is 1. The third-order valence-corrected chi connectivity index (χ3v) is 3.20. The lowest BCUT2D eigenvalue weighted by atomic mass is 10.1. The Balaban J connectivity index is 2.50. The van der Waals surface area contributed by atoms with E-state index in [1.54, 1.807) is 0 Å². The van der Waals surface area contributed by atoms with Crippen LogP contribution in [-0.2, 0) is 4.79 Å². The van der Waals surface area contributed by atoms with Crippen molar-refractivity contribution in [2.75, 3.05) is 19.6 Å². The van der Waals surface area contributed by atoms with Gasteiger partial charge in [-0.1, -0.05) is 44.2 Å². The lowest BCUT2D eigenvalue weighted by Gasteiger charge is -2.18. The number of hydrogen-bond donors (Lipinski definition) is 3. The van der Waals surface area contributed by atoms with Gasteiger partial charge in [-0.3, -0.25) is 9.79 Å². The predicted octanol–water partition coefficient (Wildman–Crippen LogP) is 2.07. The maximum atomic E-state index is 11.5. The zero-order valence-electron chi connectivity index (χ0n) is 14.0. The number of hydrogen-bond acceptors (Lipinski definition) is 2. The molecule has 122 valence electrons. The Kier molecular flexibility index (Phi) is 8.04. The van der Waals surface area contributed by atoms with Gasteiger partial charge in [-0.05, 0) is 19.4 Å². The van der Waals surface area contributed by atoms with Gasteiger partial charge in [-0.15, -0.1) is 0 Å². The smallest absolute Gasteiger partial charge is 0.222 e. The molecule has 1 atom stereocenters. The van der Waals surface area contributed by atoms with Crippen LogP contribution in [0.25, 0.3) is 0 Å². The number of aliphatic imine (C=N–C) groups is 1. The van der Waals surface area contributed by atoms with Crippen molar-refractivity contribution in [1.29, 1.82) is 0 Å². The molecule has 0 spiro atoms. The fraction of sp³-hybridized carbons (Fsp3) is 0.529. The first-order valence-corrected chi connectivity index (χ1v) is 7.92. The standard InChI is InChI=1S/C17H28N4O/c1-5-18-17(20-12-11-19-16(22)13(2)3)21-14(4)15-9-7-6-8-10-15/h6-10,13-14H,5,11-12H2,1-4H3,(H,19,22)(H2,18,20,21). The quantitative estimate of drug-likeness (QED) is 0.410. The highest BCUT2D eigenvalue weighted by Crippen LogP contribution is 2.10. The monoisotopic (exact) mass is 304 g/mol. The topological polar surface area (TPSA) is 65.5 Å². The Bertz CT molecular complexity index is 471. The van der Waals surface area contributed by atoms with Gasteiger partial charge in [0.25, 0.3) is 0 Å². The SMILES string of the molecule is CCNC(=NCCNC(=O)C(C)C)NC(C)c1ccccc1. The summed E-state index contributed by atoms with van der Waals surface area (Å²) in [5.74, 6) is 0.830. The number of carbonyl (C=O) groups excluding carboxylic acids is 1. The van der Waals surface area contributed by atoms with Crippen LogP contribution in [0.5, 0.6) is 0 Å². The minimum atomic E-state index is 0.00782. The van der Waals surface area contributed by atoms with E-state index in [0.717, 1.165) is 12.5 Å². The van der Waals surface area contributed by atoms with Gasteiger partial charge < -0.3 is 16.0 Å². The summed E-state index contributed by atoms with van der Waals surface area (Å²) in [6.07, 6.45) is 0. The van der Waals surface area contributed by atoms with E-state index in [0.29, 0.717) is 13.1 Å². The third-order valence-electron chi connectivity index (χ3n) is 3.20. The van der Waals surface area contributed by atoms with Crippen LogP contribution in [0.3, 0.4) is 0 Å². The van der Waals surface area contributed by atoms with Gasteiger partial charge in [0.2, 0.25) is 5.91 Å². The number of rotatable bonds is 7. The highest BCUT2D eigenvalue weighted by Gasteiger charge is 2.07. The van der Waals surface area contributed by atoms with Gasteiger partial charge in [-0.2, -0.15) is 0 Å². The first-order valence-electron chi connectivity index (χ1n) is 7.92. The zero-order chi connectivity index (χ0) is 16.4. The molecule has 1 aromatic carbocycles. The van der Waals surface area contributed by atoms with E-state index in [1.165, 1.54) is 5.56 Å². The molecule has 1 amide bonds. The van der Waals surface area contributed by atoms with Crippen LogP contribution in [0.2, 0.25) is 0 Å². The second kappa shape index (κ2) is 9.82. The summed E-state index contributed by atoms with van der Waals surface area (Å²) in [5, 5.41) is 9.45. The van der Waals surface area contributed by atoms with Crippen LogP contribution in [0.4, 0.5) is 0 Å². The summed E-state index contributed by atoms with van der Waals surface area (Å²) in [6, 6.07) is 10.4. The van der Waals surface area contributed by atoms with Gasteiger partial charge in [-0.25, -0.2) is 0 Å². The van der Waals surface area contributed by atoms with Crippen molar-refractivity contribution in [2.24, 2.45) is 10.9 Å². The molecule has 3 N–H and O–H groups in total. The van der Waals surface area contributed by atoms with Crippen LogP contribution in [0.15, 0.2) is 35.3 Å². The van der Waals surface area contributed by atoms with Crippen molar-refractivity contribution < 1.29 is 4.79 Å². The van der Waals surface area contributed by atoms with Crippen LogP contribution >= 0.6 is 0 Å². The molecule has 0 saturated carbocycles. The van der Waals surface area contributed by atoms with E-state index in [4.69, 9.17) is 0 Å². The van der Waals surface area contributed by atoms with Gasteiger partial charge in [0.05, 0.1) is 12.6 Å². The summed E-state index contributed by atoms with van der Waals surface area (Å²) in [5.41, 5.74) is 1.21. The summed E-state index contributed by atoms with van der Waals surface area (Å²) in [6.45, 7) is 9.79. The summed E-state index contributed by atoms with van der Waals surface area (Å²) >= 11 is 0. The fourth-order valence-corrected chi connectivity index (χ4v) is 1.90. The average Bonchev–Trinajstić information content (AvgIpc) is 2.52. The maximum absolute atomic E-state index is 11.5. The van der Waals surface area contributed by atoms with Gasteiger partial charge >= 0.3 is 0 Å². The molecule has 1 aromatic rings. The van der Waals surface area contributed by atoms with Crippen molar-refractivity contribution in [3.05, 3.63) is 35.9 Å². The fourth-order valence-electron chi connectivity index (χ4n) is 1.90. The van der Waals surface area contributed by atoms with E-state index in [1.807, 2.05) is 39.0 Å². The van der Waals surface area contributed by atoms with E-state index in [9.17, 15) is 4.79 Å². The highest BCUT2D eigenvalue weighted by molar-refractivity contribution is 5.80. The summed E-state index contributed by atoms with van der Waals surface area (Å²) in [7, 11) is 0. The molecule has 1 unspecified atom stereocenters. The number of nitrogens with one attached hydrogen (secondary N) is 3. The van der Waals surface area contributed by atoms with Crippen molar-refractivity contribution >= 4 is 11.9 Å². The van der Waals surface area contributed by atoms with E-state index >= 15 is 0 Å². The molecule has 0 heterocycles. The van der Waals surface area contributed by atoms with Crippen molar-refractivity contribution in [3.63, 3.8) is 0 Å². The first kappa shape index (κ1) is 18.0. The molecule has 0 aliphatic rings. The van der Waals surface area contributed by atoms with Gasteiger partial charge in [0.1, 0.15) is 0 Å². The molecule has 5 heteroatoms. The molecule has 0 aromatic heterocycles. The largest absolute Gasteiger partial charge is 0.357 e. The Morgan fingerprint density at radius 1 is 1.14 bits per heavy atom. The molecule has 0 radical (unpaired) electrons. The third kappa shape index (κ3) is 6.61. The average molecular weight is 304 g/mol. The van der Waals surface area contributed by atoms with Gasteiger partial charge in [0.15, 0.2) is 5.96 Å². The van der Waals surface area contributed by atoms with Crippen molar-refractivity contribution in [3.8, 4) is 0 Å². The first-order chi connectivity index (χ1) is 10.5. The molecular weight excluding hydrogens is 276 g/mol. The molecule has 0 aliphatic heterocycles. The molecule has 0 saturated heterocycles. The molecule has 1 rings (SSSR count). The minimum absolute atomic E-state index is 0.00782. The molecule has 0 bridgehead atoms. The number of guanidine groups is 1. The molecular formula is C17H28N4O. The Hall–Kier alpha value is -2.04. The number of carbonyl (C=O) groups is 1. The van der Waals surface area contributed by atoms with Crippen LogP contribution in [0, 0.1) is 5.92 Å². The van der Waals surface area contributed by atoms with E-state index in [2.05, 4.69) is 40.0 Å². The molecule has 22 heavy (non-hydrogen) atoms. The molecule has 0 aliphatic carbocycles. The van der Waals surface area contributed by atoms with Crippen LogP contribution < -0.4 is 16.0 Å². The predicted molar refractivity (Wildman–Crippen MR) is 91.8 cm³/mol. The normalized spacial score (nSPS) is 12.9. The molecule has 5 nitrogen and oxygen atoms in total. The van der Waals surface area contributed by atoms with Crippen molar-refractivity contribution in [1.82, 2.24) is 16.0 Å². The second-order valence-electron chi connectivity index (χ2n) is 5.48. The Labute approximate surface area is 133 Å². The summed E-state index contributed by atoms with van der Waals surface area (Å²) < 4.78 is 0. The molecule has 0 fully saturated rings. The minimum Gasteiger partial charge on any atom is -0.357 e. The lowest BCUT2D eigenvalue weighted by Crippen LogP contribution is -2.39. The Morgan fingerprint density at radius 2 is 1.82 bits per heavy atom. The van der Waals surface area contributed by atoms with Crippen LogP contribution in [0.1, 0.15) is 39.3 Å². The zero-order valence-corrected chi connectivity index (χ0v) is 14.0. The van der Waals surface area contributed by atoms with E-state index < -0.39 is 0 Å². The lowest BCUT2D eigenvalue weighted by molar-refractivity contribution is -0.123. The Morgan fingerprint density at radius 3 is 2.41 bits per heavy atom. The van der Waals surface area contributed by atoms with Gasteiger partial charge in [0, 0.05) is 19.0 Å². The highest BCUT2D eigenvalue weighted by atomic mass is 16.1. The van der Waals surface area contributed by atoms with Crippen molar-refractivity contribution in [2.45, 2.75) is 33.7 Å². The van der Waals surface area contributed by atoms with E-state index in [-0.39, 0.29) is 17.9 Å². The second-order valence-corrected chi connectivity index (χ2v) is 5.48. The maximum Gasteiger partial charge on any atom is 0.222 e. The number of benzene rings is 1.